The summed E-state index contributed by atoms with van der Waals surface area (Å²) in [7, 11) is 4.82. The molecule has 2 atom stereocenters. The van der Waals surface area contributed by atoms with Crippen LogP contribution in [-0.4, -0.2) is 39.6 Å². The highest BCUT2D eigenvalue weighted by Crippen LogP contribution is 2.43. The second kappa shape index (κ2) is 8.60. The van der Waals surface area contributed by atoms with E-state index in [4.69, 9.17) is 23.7 Å². The van der Waals surface area contributed by atoms with Crippen LogP contribution in [-0.2, 0) is 9.47 Å². The summed E-state index contributed by atoms with van der Waals surface area (Å²) in [4.78, 5) is 0. The Morgan fingerprint density at radius 1 is 1.09 bits per heavy atom. The molecule has 124 valence electrons. The van der Waals surface area contributed by atoms with Crippen molar-refractivity contribution in [2.24, 2.45) is 0 Å². The molecule has 1 fully saturated rings. The van der Waals surface area contributed by atoms with Gasteiger partial charge in [0.2, 0.25) is 5.75 Å². The van der Waals surface area contributed by atoms with Crippen LogP contribution in [0.4, 0.5) is 0 Å². The van der Waals surface area contributed by atoms with Crippen molar-refractivity contribution in [2.75, 3.05) is 33.3 Å². The third kappa shape index (κ3) is 4.06. The molecular formula is C16H23BrO5. The van der Waals surface area contributed by atoms with Crippen molar-refractivity contribution in [2.45, 2.75) is 31.7 Å². The van der Waals surface area contributed by atoms with Crippen LogP contribution in [0.25, 0.3) is 0 Å². The van der Waals surface area contributed by atoms with Gasteiger partial charge in [0.15, 0.2) is 17.8 Å². The van der Waals surface area contributed by atoms with Gasteiger partial charge in [0.25, 0.3) is 0 Å². The van der Waals surface area contributed by atoms with Crippen LogP contribution in [0.3, 0.4) is 0 Å². The van der Waals surface area contributed by atoms with Crippen molar-refractivity contribution in [3.63, 3.8) is 0 Å². The van der Waals surface area contributed by atoms with E-state index in [-0.39, 0.29) is 12.4 Å². The Balaban J connectivity index is 2.09. The Morgan fingerprint density at radius 2 is 1.77 bits per heavy atom. The van der Waals surface area contributed by atoms with Crippen LogP contribution in [0.2, 0.25) is 0 Å². The van der Waals surface area contributed by atoms with Crippen molar-refractivity contribution in [1.82, 2.24) is 0 Å². The molecule has 6 heteroatoms. The Hall–Kier alpha value is -0.980. The molecular weight excluding hydrogens is 352 g/mol. The standard InChI is InChI=1S/C16H23BrO5/c1-18-13-9-11(10-14(19-2)16(13)20-3)12-5-6-15(22-12)21-8-4-7-17/h9-10,12,15H,4-8H2,1-3H3. The molecule has 1 aromatic carbocycles. The van der Waals surface area contributed by atoms with Crippen molar-refractivity contribution in [3.8, 4) is 17.2 Å². The largest absolute Gasteiger partial charge is 0.493 e. The van der Waals surface area contributed by atoms with E-state index in [1.165, 1.54) is 0 Å². The maximum atomic E-state index is 5.98. The van der Waals surface area contributed by atoms with Gasteiger partial charge in [-0.15, -0.1) is 0 Å². The minimum atomic E-state index is -0.136. The van der Waals surface area contributed by atoms with Gasteiger partial charge < -0.3 is 23.7 Å². The summed E-state index contributed by atoms with van der Waals surface area (Å²) >= 11 is 3.39. The number of ether oxygens (including phenoxy) is 5. The second-order valence-electron chi connectivity index (χ2n) is 5.00. The summed E-state index contributed by atoms with van der Waals surface area (Å²) in [6.07, 6.45) is 2.64. The normalized spacial score (nSPS) is 20.9. The smallest absolute Gasteiger partial charge is 0.203 e. The molecule has 0 spiro atoms. The van der Waals surface area contributed by atoms with Crippen molar-refractivity contribution in [3.05, 3.63) is 17.7 Å². The highest BCUT2D eigenvalue weighted by molar-refractivity contribution is 9.09. The van der Waals surface area contributed by atoms with E-state index in [9.17, 15) is 0 Å². The second-order valence-corrected chi connectivity index (χ2v) is 5.80. The first-order chi connectivity index (χ1) is 10.7. The molecule has 22 heavy (non-hydrogen) atoms. The summed E-state index contributed by atoms with van der Waals surface area (Å²) in [5.74, 6) is 1.88. The van der Waals surface area contributed by atoms with Crippen LogP contribution in [0.5, 0.6) is 17.2 Å². The SMILES string of the molecule is COc1cc(C2CCC(OCCCBr)O2)cc(OC)c1OC. The fraction of sp³-hybridized carbons (Fsp3) is 0.625. The molecule has 0 bridgehead atoms. The van der Waals surface area contributed by atoms with E-state index in [2.05, 4.69) is 15.9 Å². The number of hydrogen-bond acceptors (Lipinski definition) is 5. The van der Waals surface area contributed by atoms with Crippen LogP contribution < -0.4 is 14.2 Å². The minimum absolute atomic E-state index is 0.0114. The zero-order chi connectivity index (χ0) is 15.9. The monoisotopic (exact) mass is 374 g/mol. The predicted molar refractivity (Wildman–Crippen MR) is 87.3 cm³/mol. The zero-order valence-corrected chi connectivity index (χ0v) is 14.9. The lowest BCUT2D eigenvalue weighted by atomic mass is 10.1. The van der Waals surface area contributed by atoms with Crippen molar-refractivity contribution < 1.29 is 23.7 Å². The lowest BCUT2D eigenvalue weighted by molar-refractivity contribution is -0.134. The van der Waals surface area contributed by atoms with E-state index >= 15 is 0 Å². The van der Waals surface area contributed by atoms with Gasteiger partial charge in [-0.05, 0) is 30.5 Å². The van der Waals surface area contributed by atoms with Gasteiger partial charge in [-0.3, -0.25) is 0 Å². The number of benzene rings is 1. The number of alkyl halides is 1. The quantitative estimate of drug-likeness (QED) is 0.512. The maximum absolute atomic E-state index is 5.98. The van der Waals surface area contributed by atoms with Gasteiger partial charge in [0.1, 0.15) is 0 Å². The van der Waals surface area contributed by atoms with Crippen molar-refractivity contribution in [1.29, 1.82) is 0 Å². The van der Waals surface area contributed by atoms with Gasteiger partial charge in [-0.25, -0.2) is 0 Å². The molecule has 0 aromatic heterocycles. The van der Waals surface area contributed by atoms with Gasteiger partial charge in [-0.1, -0.05) is 15.9 Å². The van der Waals surface area contributed by atoms with E-state index in [0.717, 1.165) is 30.2 Å². The number of rotatable bonds is 8. The summed E-state index contributed by atoms with van der Waals surface area (Å²) in [6, 6.07) is 3.87. The molecule has 1 aliphatic rings. The van der Waals surface area contributed by atoms with E-state index < -0.39 is 0 Å². The number of methoxy groups -OCH3 is 3. The van der Waals surface area contributed by atoms with Crippen molar-refractivity contribution >= 4 is 15.9 Å². The molecule has 1 aromatic rings. The molecule has 5 nitrogen and oxygen atoms in total. The molecule has 1 aliphatic heterocycles. The third-order valence-electron chi connectivity index (χ3n) is 3.62. The summed E-state index contributed by atoms with van der Waals surface area (Å²) < 4.78 is 27.8. The topological polar surface area (TPSA) is 46.2 Å². The summed E-state index contributed by atoms with van der Waals surface area (Å²) in [5, 5.41) is 0.941. The van der Waals surface area contributed by atoms with Crippen LogP contribution in [0.15, 0.2) is 12.1 Å². The Labute approximate surface area is 140 Å². The molecule has 0 amide bonds. The van der Waals surface area contributed by atoms with E-state index in [1.54, 1.807) is 21.3 Å². The number of hydrogen-bond donors (Lipinski definition) is 0. The number of halogens is 1. The fourth-order valence-electron chi connectivity index (χ4n) is 2.53. The van der Waals surface area contributed by atoms with Gasteiger partial charge in [0, 0.05) is 11.8 Å². The molecule has 0 radical (unpaired) electrons. The highest BCUT2D eigenvalue weighted by Gasteiger charge is 2.28. The summed E-state index contributed by atoms with van der Waals surface area (Å²) in [5.41, 5.74) is 1.01. The molecule has 0 N–H and O–H groups in total. The fourth-order valence-corrected chi connectivity index (χ4v) is 2.76. The summed E-state index contributed by atoms with van der Waals surface area (Å²) in [6.45, 7) is 0.706. The zero-order valence-electron chi connectivity index (χ0n) is 13.3. The van der Waals surface area contributed by atoms with Crippen LogP contribution >= 0.6 is 15.9 Å². The van der Waals surface area contributed by atoms with Gasteiger partial charge >= 0.3 is 0 Å². The first kappa shape index (κ1) is 17.4. The lowest BCUT2D eigenvalue weighted by Gasteiger charge is -2.18. The molecule has 1 saturated heterocycles. The Kier molecular flexibility index (Phi) is 6.79. The average molecular weight is 375 g/mol. The molecule has 0 saturated carbocycles. The minimum Gasteiger partial charge on any atom is -0.493 e. The molecule has 2 unspecified atom stereocenters. The third-order valence-corrected chi connectivity index (χ3v) is 4.18. The first-order valence-corrected chi connectivity index (χ1v) is 8.48. The Morgan fingerprint density at radius 3 is 2.32 bits per heavy atom. The lowest BCUT2D eigenvalue weighted by Crippen LogP contribution is -2.12. The predicted octanol–water partition coefficient (Wildman–Crippen LogP) is 3.69. The van der Waals surface area contributed by atoms with E-state index in [0.29, 0.717) is 23.9 Å². The highest BCUT2D eigenvalue weighted by atomic mass is 79.9. The van der Waals surface area contributed by atoms with Gasteiger partial charge in [-0.2, -0.15) is 0 Å². The molecule has 2 rings (SSSR count). The van der Waals surface area contributed by atoms with Crippen LogP contribution in [0, 0.1) is 0 Å². The Bertz CT molecular complexity index is 455. The average Bonchev–Trinajstić information content (AvgIpc) is 3.02. The maximum Gasteiger partial charge on any atom is 0.203 e. The van der Waals surface area contributed by atoms with E-state index in [1.807, 2.05) is 12.1 Å². The first-order valence-electron chi connectivity index (χ1n) is 7.36. The van der Waals surface area contributed by atoms with Crippen LogP contribution in [0.1, 0.15) is 30.9 Å². The molecule has 1 heterocycles. The van der Waals surface area contributed by atoms with Gasteiger partial charge in [0.05, 0.1) is 34.0 Å². The molecule has 0 aliphatic carbocycles.